The predicted octanol–water partition coefficient (Wildman–Crippen LogP) is 2.80. The summed E-state index contributed by atoms with van der Waals surface area (Å²) in [6.45, 7) is 4.93. The zero-order valence-electron chi connectivity index (χ0n) is 14.8. The molecule has 0 radical (unpaired) electrons. The highest BCUT2D eigenvalue weighted by Gasteiger charge is 2.22. The third-order valence-electron chi connectivity index (χ3n) is 5.10. The molecule has 25 heavy (non-hydrogen) atoms. The molecule has 2 amide bonds. The highest BCUT2D eigenvalue weighted by molar-refractivity contribution is 5.95. The Labute approximate surface area is 155 Å². The fraction of sp³-hybridized carbons (Fsp3) is 0.579. The van der Waals surface area contributed by atoms with Gasteiger partial charge in [-0.05, 0) is 62.9 Å². The number of carbonyl (C=O) groups is 2. The van der Waals surface area contributed by atoms with Gasteiger partial charge in [-0.25, -0.2) is 0 Å². The molecule has 2 atom stereocenters. The van der Waals surface area contributed by atoms with Crippen LogP contribution in [0.5, 0.6) is 0 Å². The van der Waals surface area contributed by atoms with Gasteiger partial charge in [-0.3, -0.25) is 9.59 Å². The zero-order chi connectivity index (χ0) is 16.9. The maximum atomic E-state index is 12.1. The van der Waals surface area contributed by atoms with Crippen LogP contribution < -0.4 is 15.5 Å². The van der Waals surface area contributed by atoms with Gasteiger partial charge in [0.05, 0.1) is 6.04 Å². The Kier molecular flexibility index (Phi) is 7.26. The first-order chi connectivity index (χ1) is 11.6. The molecular weight excluding hydrogens is 338 g/mol. The number of halogens is 1. The third kappa shape index (κ3) is 5.19. The molecule has 3 rings (SSSR count). The van der Waals surface area contributed by atoms with E-state index in [1.165, 1.54) is 6.42 Å². The van der Waals surface area contributed by atoms with Crippen LogP contribution in [0.25, 0.3) is 0 Å². The minimum atomic E-state index is -0.0115. The van der Waals surface area contributed by atoms with Crippen LogP contribution in [0.3, 0.4) is 0 Å². The van der Waals surface area contributed by atoms with Crippen molar-refractivity contribution < 1.29 is 9.59 Å². The first-order valence-electron chi connectivity index (χ1n) is 9.04. The Morgan fingerprint density at radius 2 is 2.12 bits per heavy atom. The Bertz CT molecular complexity index is 585. The van der Waals surface area contributed by atoms with Crippen molar-refractivity contribution in [3.63, 3.8) is 0 Å². The molecule has 1 aromatic rings. The second kappa shape index (κ2) is 9.20. The summed E-state index contributed by atoms with van der Waals surface area (Å²) in [5.41, 5.74) is 2.02. The van der Waals surface area contributed by atoms with Crippen molar-refractivity contribution in [3.8, 4) is 0 Å². The van der Waals surface area contributed by atoms with E-state index in [1.54, 1.807) is 0 Å². The molecule has 2 aliphatic rings. The molecular formula is C19H28ClN3O2. The fourth-order valence-corrected chi connectivity index (χ4v) is 3.56. The summed E-state index contributed by atoms with van der Waals surface area (Å²) in [5.74, 6) is 0.960. The van der Waals surface area contributed by atoms with Crippen molar-refractivity contribution >= 4 is 29.9 Å². The van der Waals surface area contributed by atoms with E-state index in [0.29, 0.717) is 18.8 Å². The van der Waals surface area contributed by atoms with Gasteiger partial charge in [0.1, 0.15) is 0 Å². The van der Waals surface area contributed by atoms with Gasteiger partial charge in [0, 0.05) is 25.1 Å². The molecule has 0 bridgehead atoms. The Hall–Kier alpha value is -1.59. The number of nitrogens with zero attached hydrogens (tertiary/aromatic N) is 1. The summed E-state index contributed by atoms with van der Waals surface area (Å²) in [5, 5.41) is 6.41. The highest BCUT2D eigenvalue weighted by Crippen LogP contribution is 2.23. The van der Waals surface area contributed by atoms with Crippen LogP contribution in [0.4, 0.5) is 5.69 Å². The Morgan fingerprint density at radius 3 is 2.72 bits per heavy atom. The molecule has 0 saturated carbocycles. The van der Waals surface area contributed by atoms with E-state index < -0.39 is 0 Å². The first kappa shape index (κ1) is 19.7. The molecule has 0 spiro atoms. The Balaban J connectivity index is 0.00000225. The number of amides is 2. The number of benzene rings is 1. The van der Waals surface area contributed by atoms with Crippen molar-refractivity contribution in [3.05, 3.63) is 29.8 Å². The lowest BCUT2D eigenvalue weighted by Gasteiger charge is -2.18. The molecule has 2 aliphatic heterocycles. The summed E-state index contributed by atoms with van der Waals surface area (Å²) in [6, 6.07) is 7.96. The van der Waals surface area contributed by atoms with Gasteiger partial charge in [-0.15, -0.1) is 12.4 Å². The normalized spacial score (nSPS) is 21.1. The van der Waals surface area contributed by atoms with Gasteiger partial charge >= 0.3 is 0 Å². The lowest BCUT2D eigenvalue weighted by molar-refractivity contribution is -0.122. The van der Waals surface area contributed by atoms with Crippen molar-refractivity contribution in [1.82, 2.24) is 10.6 Å². The summed E-state index contributed by atoms with van der Waals surface area (Å²) in [7, 11) is 0. The van der Waals surface area contributed by atoms with Crippen molar-refractivity contribution in [1.29, 1.82) is 0 Å². The summed E-state index contributed by atoms with van der Waals surface area (Å²) >= 11 is 0. The van der Waals surface area contributed by atoms with Gasteiger partial charge in [-0.1, -0.05) is 12.1 Å². The molecule has 138 valence electrons. The molecule has 0 aliphatic carbocycles. The van der Waals surface area contributed by atoms with Crippen molar-refractivity contribution in [2.45, 2.75) is 45.1 Å². The lowest BCUT2D eigenvalue weighted by Crippen LogP contribution is -2.27. The summed E-state index contributed by atoms with van der Waals surface area (Å²) < 4.78 is 0. The number of carbonyl (C=O) groups excluding carboxylic acids is 2. The van der Waals surface area contributed by atoms with Crippen LogP contribution in [0.15, 0.2) is 24.3 Å². The van der Waals surface area contributed by atoms with E-state index in [-0.39, 0.29) is 30.3 Å². The molecule has 2 heterocycles. The molecule has 6 heteroatoms. The van der Waals surface area contributed by atoms with Crippen molar-refractivity contribution in [2.24, 2.45) is 5.92 Å². The maximum absolute atomic E-state index is 12.1. The summed E-state index contributed by atoms with van der Waals surface area (Å²) in [4.78, 5) is 25.7. The van der Waals surface area contributed by atoms with Crippen LogP contribution in [0.1, 0.15) is 50.6 Å². The predicted molar refractivity (Wildman–Crippen MR) is 102 cm³/mol. The van der Waals surface area contributed by atoms with E-state index in [4.69, 9.17) is 0 Å². The number of anilines is 1. The molecule has 0 aromatic heterocycles. The van der Waals surface area contributed by atoms with E-state index in [2.05, 4.69) is 10.6 Å². The van der Waals surface area contributed by atoms with E-state index in [0.717, 1.165) is 43.7 Å². The fourth-order valence-electron chi connectivity index (χ4n) is 3.56. The van der Waals surface area contributed by atoms with E-state index in [9.17, 15) is 9.59 Å². The van der Waals surface area contributed by atoms with Gasteiger partial charge < -0.3 is 15.5 Å². The third-order valence-corrected chi connectivity index (χ3v) is 5.10. The number of nitrogens with one attached hydrogen (secondary N) is 2. The summed E-state index contributed by atoms with van der Waals surface area (Å²) in [6.07, 6.45) is 4.31. The molecule has 1 aromatic carbocycles. The maximum Gasteiger partial charge on any atom is 0.227 e. The standard InChI is InChI=1S/C19H27N3O2.ClH/c1-14(21-18(23)9-4-15-10-11-20-13-15)16-5-7-17(8-6-16)22-12-2-3-19(22)24;/h5-8,14-15,20H,2-4,9-13H2,1H3,(H,21,23);1H. The second-order valence-corrected chi connectivity index (χ2v) is 6.93. The quantitative estimate of drug-likeness (QED) is 0.814. The minimum Gasteiger partial charge on any atom is -0.350 e. The van der Waals surface area contributed by atoms with Crippen LogP contribution in [0.2, 0.25) is 0 Å². The second-order valence-electron chi connectivity index (χ2n) is 6.93. The van der Waals surface area contributed by atoms with Crippen LogP contribution in [-0.2, 0) is 9.59 Å². The van der Waals surface area contributed by atoms with E-state index >= 15 is 0 Å². The first-order valence-corrected chi connectivity index (χ1v) is 9.04. The van der Waals surface area contributed by atoms with Crippen LogP contribution in [0, 0.1) is 5.92 Å². The molecule has 2 N–H and O–H groups in total. The topological polar surface area (TPSA) is 61.4 Å². The zero-order valence-corrected chi connectivity index (χ0v) is 15.6. The van der Waals surface area contributed by atoms with Gasteiger partial charge in [0.2, 0.25) is 11.8 Å². The van der Waals surface area contributed by atoms with Gasteiger partial charge in [-0.2, -0.15) is 0 Å². The molecule has 5 nitrogen and oxygen atoms in total. The number of hydrogen-bond acceptors (Lipinski definition) is 3. The Morgan fingerprint density at radius 1 is 1.36 bits per heavy atom. The SMILES string of the molecule is CC(NC(=O)CCC1CCNC1)c1ccc(N2CCCC2=O)cc1.Cl. The number of rotatable bonds is 6. The van der Waals surface area contributed by atoms with Crippen LogP contribution >= 0.6 is 12.4 Å². The van der Waals surface area contributed by atoms with Crippen molar-refractivity contribution in [2.75, 3.05) is 24.5 Å². The smallest absolute Gasteiger partial charge is 0.227 e. The monoisotopic (exact) mass is 365 g/mol. The molecule has 2 unspecified atom stereocenters. The lowest BCUT2D eigenvalue weighted by atomic mass is 10.0. The average Bonchev–Trinajstić information content (AvgIpc) is 3.24. The minimum absolute atomic E-state index is 0. The van der Waals surface area contributed by atoms with Gasteiger partial charge in [0.15, 0.2) is 0 Å². The largest absolute Gasteiger partial charge is 0.350 e. The van der Waals surface area contributed by atoms with Crippen LogP contribution in [-0.4, -0.2) is 31.4 Å². The highest BCUT2D eigenvalue weighted by atomic mass is 35.5. The molecule has 2 fully saturated rings. The molecule has 2 saturated heterocycles. The van der Waals surface area contributed by atoms with E-state index in [1.807, 2.05) is 36.1 Å². The number of hydrogen-bond donors (Lipinski definition) is 2. The van der Waals surface area contributed by atoms with Gasteiger partial charge in [0.25, 0.3) is 0 Å². The average molecular weight is 366 g/mol.